The third kappa shape index (κ3) is 5.00. The number of benzene rings is 2. The first-order valence-corrected chi connectivity index (χ1v) is 8.67. The van der Waals surface area contributed by atoms with Crippen LogP contribution in [0.15, 0.2) is 47.0 Å². The van der Waals surface area contributed by atoms with E-state index in [1.54, 1.807) is 43.3 Å². The molecule has 0 fully saturated rings. The van der Waals surface area contributed by atoms with Gasteiger partial charge in [0, 0.05) is 36.7 Å². The Hall–Kier alpha value is -3.55. The Morgan fingerprint density at radius 1 is 1.07 bits per heavy atom. The Bertz CT molecular complexity index is 999. The lowest BCUT2D eigenvalue weighted by atomic mass is 10.1. The van der Waals surface area contributed by atoms with E-state index in [9.17, 15) is 14.0 Å². The number of halogens is 1. The average Bonchev–Trinajstić information content (AvgIpc) is 3.12. The van der Waals surface area contributed by atoms with Gasteiger partial charge in [-0.15, -0.1) is 0 Å². The molecule has 3 rings (SSSR count). The van der Waals surface area contributed by atoms with E-state index in [1.165, 1.54) is 13.0 Å². The lowest BCUT2D eigenvalue weighted by Crippen LogP contribution is -2.12. The number of nitrogens with zero attached hydrogens (tertiary/aromatic N) is 2. The molecule has 0 aliphatic carbocycles. The van der Waals surface area contributed by atoms with Crippen LogP contribution in [0.3, 0.4) is 0 Å². The predicted molar refractivity (Wildman–Crippen MR) is 102 cm³/mol. The molecule has 0 unspecified atom stereocenters. The van der Waals surface area contributed by atoms with Gasteiger partial charge in [-0.05, 0) is 42.8 Å². The molecule has 1 aromatic heterocycles. The third-order valence-electron chi connectivity index (χ3n) is 3.95. The van der Waals surface area contributed by atoms with Crippen LogP contribution in [-0.4, -0.2) is 22.0 Å². The Kier molecular flexibility index (Phi) is 5.78. The summed E-state index contributed by atoms with van der Waals surface area (Å²) < 4.78 is 18.8. The minimum absolute atomic E-state index is 0.150. The van der Waals surface area contributed by atoms with E-state index in [0.717, 1.165) is 0 Å². The highest BCUT2D eigenvalue weighted by Gasteiger charge is 2.12. The summed E-state index contributed by atoms with van der Waals surface area (Å²) in [4.78, 5) is 27.3. The highest BCUT2D eigenvalue weighted by atomic mass is 19.1. The van der Waals surface area contributed by atoms with E-state index in [2.05, 4.69) is 20.8 Å². The zero-order valence-electron chi connectivity index (χ0n) is 15.5. The maximum Gasteiger partial charge on any atom is 0.227 e. The smallest absolute Gasteiger partial charge is 0.227 e. The van der Waals surface area contributed by atoms with Crippen molar-refractivity contribution in [3.63, 3.8) is 0 Å². The number of aromatic nitrogens is 2. The van der Waals surface area contributed by atoms with Crippen molar-refractivity contribution in [1.82, 2.24) is 10.1 Å². The van der Waals surface area contributed by atoms with Gasteiger partial charge in [-0.2, -0.15) is 4.98 Å². The summed E-state index contributed by atoms with van der Waals surface area (Å²) in [7, 11) is 0. The van der Waals surface area contributed by atoms with Gasteiger partial charge >= 0.3 is 0 Å². The van der Waals surface area contributed by atoms with Gasteiger partial charge in [0.05, 0.1) is 0 Å². The Morgan fingerprint density at radius 3 is 2.39 bits per heavy atom. The van der Waals surface area contributed by atoms with Crippen LogP contribution >= 0.6 is 0 Å². The number of nitrogens with one attached hydrogen (secondary N) is 2. The number of hydrogen-bond donors (Lipinski definition) is 2. The van der Waals surface area contributed by atoms with E-state index >= 15 is 0 Å². The lowest BCUT2D eigenvalue weighted by molar-refractivity contribution is -0.116. The van der Waals surface area contributed by atoms with Crippen molar-refractivity contribution >= 4 is 23.2 Å². The molecule has 2 amide bonds. The summed E-state index contributed by atoms with van der Waals surface area (Å²) in [6, 6.07) is 11.5. The fourth-order valence-corrected chi connectivity index (χ4v) is 2.49. The molecule has 3 aromatic rings. The number of aryl methyl sites for hydroxylation is 2. The number of hydrogen-bond acceptors (Lipinski definition) is 5. The molecule has 7 nitrogen and oxygen atoms in total. The van der Waals surface area contributed by atoms with Gasteiger partial charge in [0.15, 0.2) is 0 Å². The second-order valence-corrected chi connectivity index (χ2v) is 6.28. The van der Waals surface area contributed by atoms with Crippen LogP contribution in [0.4, 0.5) is 15.8 Å². The largest absolute Gasteiger partial charge is 0.339 e. The van der Waals surface area contributed by atoms with Gasteiger partial charge in [0.2, 0.25) is 23.5 Å². The molecule has 0 aliphatic rings. The first-order valence-electron chi connectivity index (χ1n) is 8.67. The fourth-order valence-electron chi connectivity index (χ4n) is 2.49. The Labute approximate surface area is 161 Å². The molecule has 0 saturated heterocycles. The van der Waals surface area contributed by atoms with Crippen molar-refractivity contribution < 1.29 is 18.5 Å². The molecule has 144 valence electrons. The van der Waals surface area contributed by atoms with Gasteiger partial charge in [-0.1, -0.05) is 17.3 Å². The lowest BCUT2D eigenvalue weighted by Gasteiger charge is -2.06. The molecule has 2 N–H and O–H groups in total. The van der Waals surface area contributed by atoms with Crippen molar-refractivity contribution in [2.24, 2.45) is 0 Å². The van der Waals surface area contributed by atoms with Crippen LogP contribution < -0.4 is 10.6 Å². The molecule has 8 heteroatoms. The number of amides is 2. The third-order valence-corrected chi connectivity index (χ3v) is 3.95. The molecule has 0 radical (unpaired) electrons. The number of carbonyl (C=O) groups excluding carboxylic acids is 2. The molecule has 28 heavy (non-hydrogen) atoms. The molecule has 0 bridgehead atoms. The molecule has 0 atom stereocenters. The second-order valence-electron chi connectivity index (χ2n) is 6.28. The SMILES string of the molecule is CC(=O)Nc1ccc(NC(=O)CCc2nc(-c3ccc(C)c(F)c3)no2)cc1. The average molecular weight is 382 g/mol. The quantitative estimate of drug-likeness (QED) is 0.677. The van der Waals surface area contributed by atoms with Crippen molar-refractivity contribution in [3.8, 4) is 11.4 Å². The van der Waals surface area contributed by atoms with Crippen molar-refractivity contribution in [1.29, 1.82) is 0 Å². The monoisotopic (exact) mass is 382 g/mol. The molecule has 0 spiro atoms. The predicted octanol–water partition coefficient (Wildman–Crippen LogP) is 3.71. The minimum Gasteiger partial charge on any atom is -0.339 e. The van der Waals surface area contributed by atoms with Crippen molar-refractivity contribution in [3.05, 3.63) is 59.7 Å². The van der Waals surface area contributed by atoms with Crippen LogP contribution in [0.5, 0.6) is 0 Å². The summed E-state index contributed by atoms with van der Waals surface area (Å²) in [5, 5.41) is 9.24. The number of carbonyl (C=O) groups is 2. The topological polar surface area (TPSA) is 97.1 Å². The van der Waals surface area contributed by atoms with E-state index in [4.69, 9.17) is 4.52 Å². The maximum absolute atomic E-state index is 13.7. The summed E-state index contributed by atoms with van der Waals surface area (Å²) in [5.74, 6) is -0.139. The van der Waals surface area contributed by atoms with E-state index in [-0.39, 0.29) is 36.3 Å². The zero-order chi connectivity index (χ0) is 20.1. The highest BCUT2D eigenvalue weighted by molar-refractivity contribution is 5.92. The van der Waals surface area contributed by atoms with Gasteiger partial charge in [0.25, 0.3) is 0 Å². The molecule has 0 saturated carbocycles. The molecular formula is C20H19FN4O3. The van der Waals surface area contributed by atoms with Gasteiger partial charge in [0.1, 0.15) is 5.82 Å². The zero-order valence-corrected chi connectivity index (χ0v) is 15.5. The van der Waals surface area contributed by atoms with Crippen LogP contribution in [0.25, 0.3) is 11.4 Å². The van der Waals surface area contributed by atoms with Crippen LogP contribution in [0, 0.1) is 12.7 Å². The van der Waals surface area contributed by atoms with Crippen molar-refractivity contribution in [2.45, 2.75) is 26.7 Å². The number of anilines is 2. The minimum atomic E-state index is -0.340. The second kappa shape index (κ2) is 8.43. The molecule has 1 heterocycles. The first-order chi connectivity index (χ1) is 13.4. The van der Waals surface area contributed by atoms with E-state index in [1.807, 2.05) is 0 Å². The summed E-state index contributed by atoms with van der Waals surface area (Å²) >= 11 is 0. The van der Waals surface area contributed by atoms with Crippen LogP contribution in [-0.2, 0) is 16.0 Å². The summed E-state index contributed by atoms with van der Waals surface area (Å²) in [6.07, 6.45) is 0.411. The number of rotatable bonds is 6. The van der Waals surface area contributed by atoms with Gasteiger partial charge in [-0.3, -0.25) is 9.59 Å². The van der Waals surface area contributed by atoms with E-state index in [0.29, 0.717) is 28.4 Å². The molecule has 2 aromatic carbocycles. The van der Waals surface area contributed by atoms with Gasteiger partial charge < -0.3 is 15.2 Å². The summed E-state index contributed by atoms with van der Waals surface area (Å²) in [5.41, 5.74) is 2.31. The summed E-state index contributed by atoms with van der Waals surface area (Å²) in [6.45, 7) is 3.10. The van der Waals surface area contributed by atoms with Crippen molar-refractivity contribution in [2.75, 3.05) is 10.6 Å². The van der Waals surface area contributed by atoms with Crippen LogP contribution in [0.1, 0.15) is 24.8 Å². The molecular weight excluding hydrogens is 363 g/mol. The Morgan fingerprint density at radius 2 is 1.75 bits per heavy atom. The maximum atomic E-state index is 13.7. The molecule has 0 aliphatic heterocycles. The standard InChI is InChI=1S/C20H19FN4O3/c1-12-3-4-14(11-17(12)21)20-24-19(28-25-20)10-9-18(27)23-16-7-5-15(6-8-16)22-13(2)26/h3-8,11H,9-10H2,1-2H3,(H,22,26)(H,23,27). The van der Waals surface area contributed by atoms with E-state index < -0.39 is 0 Å². The highest BCUT2D eigenvalue weighted by Crippen LogP contribution is 2.19. The Balaban J connectivity index is 1.54. The van der Waals surface area contributed by atoms with Gasteiger partial charge in [-0.25, -0.2) is 4.39 Å². The first kappa shape index (κ1) is 19.2. The van der Waals surface area contributed by atoms with Crippen LogP contribution in [0.2, 0.25) is 0 Å². The fraction of sp³-hybridized carbons (Fsp3) is 0.200. The normalized spacial score (nSPS) is 10.5.